The normalized spacial score (nSPS) is 10.7. The molecular weight excluding hydrogens is 294 g/mol. The van der Waals surface area contributed by atoms with Gasteiger partial charge in [-0.3, -0.25) is 4.79 Å². The number of hydrogen-bond donors (Lipinski definition) is 2. The summed E-state index contributed by atoms with van der Waals surface area (Å²) in [6.45, 7) is 3.11. The van der Waals surface area contributed by atoms with E-state index in [0.717, 1.165) is 6.07 Å². The van der Waals surface area contributed by atoms with Gasteiger partial charge in [0.2, 0.25) is 5.91 Å². The third-order valence-corrected chi connectivity index (χ3v) is 4.65. The fourth-order valence-electron chi connectivity index (χ4n) is 1.72. The minimum Gasteiger partial charge on any atom is -0.478 e. The summed E-state index contributed by atoms with van der Waals surface area (Å²) in [6.07, 6.45) is 4.97. The van der Waals surface area contributed by atoms with Crippen molar-refractivity contribution >= 4 is 21.7 Å². The molecule has 0 aromatic heterocycles. The molecule has 0 aliphatic rings. The molecule has 2 N–H and O–H groups in total. The minimum absolute atomic E-state index is 0.0679. The number of aryl methyl sites for hydroxylation is 1. The van der Waals surface area contributed by atoms with E-state index in [1.165, 1.54) is 6.07 Å². The molecule has 0 radical (unpaired) electrons. The lowest BCUT2D eigenvalue weighted by molar-refractivity contribution is -0.118. The average Bonchev–Trinajstić information content (AvgIpc) is 2.38. The Morgan fingerprint density at radius 2 is 1.95 bits per heavy atom. The summed E-state index contributed by atoms with van der Waals surface area (Å²) in [4.78, 5) is 22.4. The van der Waals surface area contributed by atoms with Gasteiger partial charge in [0.15, 0.2) is 9.84 Å². The second-order valence-electron chi connectivity index (χ2n) is 4.46. The smallest absolute Gasteiger partial charge is 0.335 e. The van der Waals surface area contributed by atoms with E-state index in [9.17, 15) is 18.0 Å². The number of hydrogen-bond acceptors (Lipinski definition) is 4. The lowest BCUT2D eigenvalue weighted by Crippen LogP contribution is -2.30. The van der Waals surface area contributed by atoms with Gasteiger partial charge in [0.25, 0.3) is 0 Å². The van der Waals surface area contributed by atoms with Gasteiger partial charge in [0.1, 0.15) is 5.75 Å². The van der Waals surface area contributed by atoms with E-state index in [0.29, 0.717) is 11.1 Å². The van der Waals surface area contributed by atoms with Crippen LogP contribution < -0.4 is 5.32 Å². The first-order chi connectivity index (χ1) is 9.69. The van der Waals surface area contributed by atoms with Gasteiger partial charge in [-0.15, -0.1) is 6.42 Å². The topological polar surface area (TPSA) is 101 Å². The van der Waals surface area contributed by atoms with Gasteiger partial charge in [-0.2, -0.15) is 0 Å². The Balaban J connectivity index is 3.22. The maximum absolute atomic E-state index is 12.2. The van der Waals surface area contributed by atoms with Crippen LogP contribution in [0.1, 0.15) is 21.5 Å². The van der Waals surface area contributed by atoms with Gasteiger partial charge in [-0.25, -0.2) is 13.2 Å². The number of carboxylic acids is 1. The molecule has 0 saturated heterocycles. The Hall–Kier alpha value is -2.33. The van der Waals surface area contributed by atoms with Gasteiger partial charge in [-0.1, -0.05) is 5.92 Å². The van der Waals surface area contributed by atoms with Crippen molar-refractivity contribution in [2.24, 2.45) is 0 Å². The summed E-state index contributed by atoms with van der Waals surface area (Å²) in [5.74, 6) is -0.577. The average molecular weight is 309 g/mol. The Morgan fingerprint density at radius 3 is 2.48 bits per heavy atom. The Bertz CT molecular complexity index is 728. The van der Waals surface area contributed by atoms with Crippen LogP contribution in [0.3, 0.4) is 0 Å². The molecule has 1 rings (SSSR count). The fraction of sp³-hybridized carbons (Fsp3) is 0.286. The number of sulfone groups is 1. The molecule has 7 heteroatoms. The summed E-state index contributed by atoms with van der Waals surface area (Å²) in [5, 5.41) is 11.3. The largest absolute Gasteiger partial charge is 0.478 e. The SMILES string of the molecule is C#CCNC(=O)CS(=O)(=O)c1cc(C(=O)O)cc(C)c1C. The summed E-state index contributed by atoms with van der Waals surface area (Å²) < 4.78 is 24.5. The maximum atomic E-state index is 12.2. The molecule has 1 amide bonds. The zero-order chi connectivity index (χ0) is 16.2. The molecule has 6 nitrogen and oxygen atoms in total. The molecule has 0 saturated carbocycles. The Kier molecular flexibility index (Phi) is 5.11. The van der Waals surface area contributed by atoms with E-state index in [4.69, 9.17) is 11.5 Å². The first-order valence-electron chi connectivity index (χ1n) is 5.96. The highest BCUT2D eigenvalue weighted by atomic mass is 32.2. The van der Waals surface area contributed by atoms with Gasteiger partial charge >= 0.3 is 5.97 Å². The van der Waals surface area contributed by atoms with Gasteiger partial charge < -0.3 is 10.4 Å². The van der Waals surface area contributed by atoms with Crippen molar-refractivity contribution in [1.82, 2.24) is 5.32 Å². The first kappa shape index (κ1) is 16.7. The van der Waals surface area contributed by atoms with Crippen LogP contribution in [-0.2, 0) is 14.6 Å². The van der Waals surface area contributed by atoms with Crippen molar-refractivity contribution in [2.45, 2.75) is 18.7 Å². The highest BCUT2D eigenvalue weighted by molar-refractivity contribution is 7.92. The molecular formula is C14H15NO5S. The van der Waals surface area contributed by atoms with Crippen LogP contribution in [0.2, 0.25) is 0 Å². The van der Waals surface area contributed by atoms with E-state index in [-0.39, 0.29) is 17.0 Å². The molecule has 0 heterocycles. The summed E-state index contributed by atoms with van der Waals surface area (Å²) in [6, 6.07) is 2.45. The van der Waals surface area contributed by atoms with E-state index in [2.05, 4.69) is 11.2 Å². The second-order valence-corrected chi connectivity index (χ2v) is 6.42. The van der Waals surface area contributed by atoms with Crippen LogP contribution in [-0.4, -0.2) is 37.7 Å². The van der Waals surface area contributed by atoms with E-state index in [1.54, 1.807) is 13.8 Å². The van der Waals surface area contributed by atoms with Crippen molar-refractivity contribution in [1.29, 1.82) is 0 Å². The molecule has 112 valence electrons. The third kappa shape index (κ3) is 4.07. The number of carbonyl (C=O) groups excluding carboxylic acids is 1. The van der Waals surface area contributed by atoms with E-state index >= 15 is 0 Å². The van der Waals surface area contributed by atoms with Crippen LogP contribution >= 0.6 is 0 Å². The number of benzene rings is 1. The summed E-state index contributed by atoms with van der Waals surface area (Å²) >= 11 is 0. The lowest BCUT2D eigenvalue weighted by Gasteiger charge is -2.11. The Morgan fingerprint density at radius 1 is 1.33 bits per heavy atom. The zero-order valence-electron chi connectivity index (χ0n) is 11.6. The zero-order valence-corrected chi connectivity index (χ0v) is 12.5. The first-order valence-corrected chi connectivity index (χ1v) is 7.61. The third-order valence-electron chi connectivity index (χ3n) is 2.91. The summed E-state index contributed by atoms with van der Waals surface area (Å²) in [7, 11) is -3.94. The minimum atomic E-state index is -3.94. The number of amides is 1. The fourth-order valence-corrected chi connectivity index (χ4v) is 3.26. The second kappa shape index (κ2) is 6.41. The predicted molar refractivity (Wildman–Crippen MR) is 76.8 cm³/mol. The molecule has 0 aliphatic heterocycles. The molecule has 21 heavy (non-hydrogen) atoms. The van der Waals surface area contributed by atoms with E-state index in [1.807, 2.05) is 0 Å². The Labute approximate surface area is 123 Å². The van der Waals surface area contributed by atoms with Gasteiger partial charge in [-0.05, 0) is 37.1 Å². The molecule has 0 unspecified atom stereocenters. The molecule has 0 spiro atoms. The number of carboxylic acid groups (broad SMARTS) is 1. The summed E-state index contributed by atoms with van der Waals surface area (Å²) in [5.41, 5.74) is 0.808. The lowest BCUT2D eigenvalue weighted by atomic mass is 10.1. The maximum Gasteiger partial charge on any atom is 0.335 e. The highest BCUT2D eigenvalue weighted by Gasteiger charge is 2.23. The van der Waals surface area contributed by atoms with Crippen LogP contribution in [0.15, 0.2) is 17.0 Å². The van der Waals surface area contributed by atoms with Crippen LogP contribution in [0, 0.1) is 26.2 Å². The van der Waals surface area contributed by atoms with Crippen LogP contribution in [0.25, 0.3) is 0 Å². The quantitative estimate of drug-likeness (QED) is 0.773. The van der Waals surface area contributed by atoms with Crippen LogP contribution in [0.5, 0.6) is 0 Å². The number of terminal acetylenes is 1. The highest BCUT2D eigenvalue weighted by Crippen LogP contribution is 2.22. The number of rotatable bonds is 5. The van der Waals surface area contributed by atoms with Crippen molar-refractivity contribution in [3.05, 3.63) is 28.8 Å². The van der Waals surface area contributed by atoms with E-state index < -0.39 is 27.5 Å². The molecule has 0 aliphatic carbocycles. The van der Waals surface area contributed by atoms with Crippen LogP contribution in [0.4, 0.5) is 0 Å². The monoisotopic (exact) mass is 309 g/mol. The standard InChI is InChI=1S/C14H15NO5S/c1-4-5-15-13(16)8-21(19,20)12-7-11(14(17)18)6-9(2)10(12)3/h1,6-7H,5,8H2,2-3H3,(H,15,16)(H,17,18). The molecule has 0 fully saturated rings. The number of nitrogens with one attached hydrogen (secondary N) is 1. The number of aromatic carboxylic acids is 1. The van der Waals surface area contributed by atoms with Crippen molar-refractivity contribution < 1.29 is 23.1 Å². The molecule has 0 bridgehead atoms. The van der Waals surface area contributed by atoms with Gasteiger partial charge in [0.05, 0.1) is 17.0 Å². The predicted octanol–water partition coefficient (Wildman–Crippen LogP) is 0.525. The number of carbonyl (C=O) groups is 2. The van der Waals surface area contributed by atoms with Crippen molar-refractivity contribution in [3.63, 3.8) is 0 Å². The molecule has 1 aromatic carbocycles. The van der Waals surface area contributed by atoms with Gasteiger partial charge in [0, 0.05) is 0 Å². The molecule has 1 aromatic rings. The van der Waals surface area contributed by atoms with Crippen molar-refractivity contribution in [2.75, 3.05) is 12.3 Å². The molecule has 0 atom stereocenters. The van der Waals surface area contributed by atoms with Crippen molar-refractivity contribution in [3.8, 4) is 12.3 Å².